The quantitative estimate of drug-likeness (QED) is 0.652. The van der Waals surface area contributed by atoms with Gasteiger partial charge in [-0.05, 0) is 49.9 Å². The van der Waals surface area contributed by atoms with Crippen molar-refractivity contribution in [2.75, 3.05) is 20.2 Å². The Hall–Kier alpha value is -2.73. The van der Waals surface area contributed by atoms with Gasteiger partial charge in [0.25, 0.3) is 0 Å². The van der Waals surface area contributed by atoms with Crippen molar-refractivity contribution in [3.63, 3.8) is 0 Å². The molecule has 1 aliphatic rings. The number of piperidine rings is 1. The molecule has 0 atom stereocenters. The number of likely N-dealkylation sites (tertiary alicyclic amines) is 1. The summed E-state index contributed by atoms with van der Waals surface area (Å²) in [5.41, 5.74) is 3.88. The topological polar surface area (TPSA) is 59.7 Å². The third-order valence-corrected chi connectivity index (χ3v) is 5.42. The van der Waals surface area contributed by atoms with Gasteiger partial charge in [-0.3, -0.25) is 14.3 Å². The number of ether oxygens (including phenoxy) is 1. The summed E-state index contributed by atoms with van der Waals surface area (Å²) in [6, 6.07) is 7.79. The average molecular weight is 364 g/mol. The van der Waals surface area contributed by atoms with Crippen LogP contribution < -0.4 is 0 Å². The molecule has 0 unspecified atom stereocenters. The zero-order valence-electron chi connectivity index (χ0n) is 15.5. The van der Waals surface area contributed by atoms with Gasteiger partial charge in [0.2, 0.25) is 0 Å². The molecule has 27 heavy (non-hydrogen) atoms. The molecule has 0 saturated carbocycles. The van der Waals surface area contributed by atoms with Gasteiger partial charge in [-0.1, -0.05) is 18.2 Å². The van der Waals surface area contributed by atoms with Crippen molar-refractivity contribution in [3.8, 4) is 0 Å². The number of nitrogens with zero attached hydrogens (tertiary/aromatic N) is 4. The molecular formula is C21H24N4O2. The second-order valence-electron chi connectivity index (χ2n) is 7.13. The maximum absolute atomic E-state index is 12.0. The Morgan fingerprint density at radius 1 is 1.22 bits per heavy atom. The molecule has 0 radical (unpaired) electrons. The van der Waals surface area contributed by atoms with Gasteiger partial charge in [-0.15, -0.1) is 0 Å². The maximum atomic E-state index is 12.0. The molecule has 1 aromatic carbocycles. The van der Waals surface area contributed by atoms with Crippen molar-refractivity contribution < 1.29 is 9.53 Å². The standard InChI is InChI=1S/C21H24N4O2/c1-27-21(26)19-5-3-2-4-17(19)12-16-6-9-24(10-7-16)15-18-13-23-20-14-22-8-11-25(18)20/h2-5,8,11,13-14,16H,6-7,9-10,12,15H2,1H3. The van der Waals surface area contributed by atoms with E-state index >= 15 is 0 Å². The predicted molar refractivity (Wildman–Crippen MR) is 102 cm³/mol. The van der Waals surface area contributed by atoms with Gasteiger partial charge in [0.1, 0.15) is 0 Å². The van der Waals surface area contributed by atoms with Crippen molar-refractivity contribution >= 4 is 11.6 Å². The predicted octanol–water partition coefficient (Wildman–Crippen LogP) is 2.97. The van der Waals surface area contributed by atoms with E-state index in [1.54, 1.807) is 12.4 Å². The summed E-state index contributed by atoms with van der Waals surface area (Å²) >= 11 is 0. The molecule has 1 saturated heterocycles. The van der Waals surface area contributed by atoms with Crippen molar-refractivity contribution in [1.82, 2.24) is 19.3 Å². The second kappa shape index (κ2) is 7.88. The fourth-order valence-electron chi connectivity index (χ4n) is 3.91. The maximum Gasteiger partial charge on any atom is 0.338 e. The Labute approximate surface area is 158 Å². The van der Waals surface area contributed by atoms with Gasteiger partial charge in [-0.25, -0.2) is 9.78 Å². The minimum Gasteiger partial charge on any atom is -0.465 e. The summed E-state index contributed by atoms with van der Waals surface area (Å²) in [6.45, 7) is 3.02. The van der Waals surface area contributed by atoms with Crippen LogP contribution in [0.3, 0.4) is 0 Å². The lowest BCUT2D eigenvalue weighted by atomic mass is 9.88. The first kappa shape index (κ1) is 17.7. The number of hydrogen-bond donors (Lipinski definition) is 0. The van der Waals surface area contributed by atoms with Crippen LogP contribution in [0.5, 0.6) is 0 Å². The van der Waals surface area contributed by atoms with E-state index in [0.29, 0.717) is 11.5 Å². The largest absolute Gasteiger partial charge is 0.465 e. The SMILES string of the molecule is COC(=O)c1ccccc1CC1CCN(Cc2cnc3cnccn23)CC1. The molecule has 1 aliphatic heterocycles. The minimum atomic E-state index is -0.245. The fraction of sp³-hybridized carbons (Fsp3) is 0.381. The molecule has 0 spiro atoms. The van der Waals surface area contributed by atoms with Gasteiger partial charge < -0.3 is 4.74 Å². The van der Waals surface area contributed by atoms with Crippen molar-refractivity contribution in [2.45, 2.75) is 25.8 Å². The van der Waals surface area contributed by atoms with Crippen molar-refractivity contribution in [1.29, 1.82) is 0 Å². The van der Waals surface area contributed by atoms with Crippen LogP contribution >= 0.6 is 0 Å². The molecule has 0 aliphatic carbocycles. The van der Waals surface area contributed by atoms with Crippen LogP contribution in [-0.4, -0.2) is 45.4 Å². The lowest BCUT2D eigenvalue weighted by Crippen LogP contribution is -2.34. The third-order valence-electron chi connectivity index (χ3n) is 5.42. The van der Waals surface area contributed by atoms with Crippen molar-refractivity contribution in [3.05, 3.63) is 65.9 Å². The molecule has 0 N–H and O–H groups in total. The van der Waals surface area contributed by atoms with Crippen LogP contribution in [0.2, 0.25) is 0 Å². The fourth-order valence-corrected chi connectivity index (χ4v) is 3.91. The smallest absolute Gasteiger partial charge is 0.338 e. The highest BCUT2D eigenvalue weighted by Gasteiger charge is 2.22. The molecular weight excluding hydrogens is 340 g/mol. The van der Waals surface area contributed by atoms with Crippen LogP contribution in [0.1, 0.15) is 34.5 Å². The number of esters is 1. The molecule has 1 fully saturated rings. The third kappa shape index (κ3) is 3.85. The molecule has 140 valence electrons. The zero-order chi connectivity index (χ0) is 18.6. The highest BCUT2D eigenvalue weighted by molar-refractivity contribution is 5.90. The van der Waals surface area contributed by atoms with Gasteiger partial charge in [0, 0.05) is 18.9 Å². The van der Waals surface area contributed by atoms with Crippen LogP contribution in [0, 0.1) is 5.92 Å². The first-order valence-electron chi connectivity index (χ1n) is 9.39. The molecule has 6 nitrogen and oxygen atoms in total. The van der Waals surface area contributed by atoms with E-state index in [2.05, 4.69) is 19.3 Å². The minimum absolute atomic E-state index is 0.245. The average Bonchev–Trinajstić information content (AvgIpc) is 3.12. The van der Waals surface area contributed by atoms with E-state index in [4.69, 9.17) is 4.74 Å². The highest BCUT2D eigenvalue weighted by Crippen LogP contribution is 2.25. The number of methoxy groups -OCH3 is 1. The Morgan fingerprint density at radius 2 is 2.04 bits per heavy atom. The van der Waals surface area contributed by atoms with E-state index in [1.807, 2.05) is 36.7 Å². The number of hydrogen-bond acceptors (Lipinski definition) is 5. The van der Waals surface area contributed by atoms with Gasteiger partial charge in [0.05, 0.1) is 30.8 Å². The summed E-state index contributed by atoms with van der Waals surface area (Å²) in [6.07, 6.45) is 10.7. The Bertz CT molecular complexity index is 929. The highest BCUT2D eigenvalue weighted by atomic mass is 16.5. The lowest BCUT2D eigenvalue weighted by Gasteiger charge is -2.32. The Balaban J connectivity index is 1.36. The summed E-state index contributed by atoms with van der Waals surface area (Å²) in [7, 11) is 1.44. The second-order valence-corrected chi connectivity index (χ2v) is 7.13. The van der Waals surface area contributed by atoms with Gasteiger partial charge in [0.15, 0.2) is 5.65 Å². The van der Waals surface area contributed by atoms with E-state index < -0.39 is 0 Å². The van der Waals surface area contributed by atoms with Crippen LogP contribution in [0.25, 0.3) is 5.65 Å². The molecule has 3 heterocycles. The monoisotopic (exact) mass is 364 g/mol. The van der Waals surface area contributed by atoms with Gasteiger partial charge in [-0.2, -0.15) is 0 Å². The number of aromatic nitrogens is 3. The van der Waals surface area contributed by atoms with E-state index in [9.17, 15) is 4.79 Å². The summed E-state index contributed by atoms with van der Waals surface area (Å²) in [5, 5.41) is 0. The molecule has 0 bridgehead atoms. The lowest BCUT2D eigenvalue weighted by molar-refractivity contribution is 0.0599. The van der Waals surface area contributed by atoms with Crippen LogP contribution in [0.15, 0.2) is 49.1 Å². The van der Waals surface area contributed by atoms with E-state index in [1.165, 1.54) is 12.8 Å². The summed E-state index contributed by atoms with van der Waals surface area (Å²) in [5.74, 6) is 0.351. The first-order chi connectivity index (χ1) is 13.2. The van der Waals surface area contributed by atoms with E-state index in [0.717, 1.165) is 50.1 Å². The number of carbonyl (C=O) groups is 1. The number of imidazole rings is 1. The normalized spacial score (nSPS) is 15.9. The van der Waals surface area contributed by atoms with Crippen LogP contribution in [0.4, 0.5) is 0 Å². The first-order valence-corrected chi connectivity index (χ1v) is 9.39. The number of carbonyl (C=O) groups excluding carboxylic acids is 1. The molecule has 3 aromatic rings. The Kier molecular flexibility index (Phi) is 5.16. The number of fused-ring (bicyclic) bond motifs is 1. The summed E-state index contributed by atoms with van der Waals surface area (Å²) in [4.78, 5) is 23.0. The molecule has 6 heteroatoms. The molecule has 4 rings (SSSR count). The molecule has 0 amide bonds. The number of benzene rings is 1. The molecule has 2 aromatic heterocycles. The zero-order valence-corrected chi connectivity index (χ0v) is 15.5. The Morgan fingerprint density at radius 3 is 2.85 bits per heavy atom. The van der Waals surface area contributed by atoms with Gasteiger partial charge >= 0.3 is 5.97 Å². The van der Waals surface area contributed by atoms with E-state index in [-0.39, 0.29) is 5.97 Å². The van der Waals surface area contributed by atoms with Crippen LogP contribution in [-0.2, 0) is 17.7 Å². The van der Waals surface area contributed by atoms with Crippen molar-refractivity contribution in [2.24, 2.45) is 5.92 Å². The number of rotatable bonds is 5. The summed E-state index contributed by atoms with van der Waals surface area (Å²) < 4.78 is 7.02.